The molecule has 0 aliphatic carbocycles. The number of nitrogens with zero attached hydrogens (tertiary/aromatic N) is 4. The van der Waals surface area contributed by atoms with Crippen molar-refractivity contribution in [1.29, 1.82) is 0 Å². The molecule has 0 amide bonds. The van der Waals surface area contributed by atoms with Crippen molar-refractivity contribution in [2.24, 2.45) is 5.92 Å². The zero-order valence-corrected chi connectivity index (χ0v) is 21.0. The summed E-state index contributed by atoms with van der Waals surface area (Å²) in [7, 11) is -4.06. The van der Waals surface area contributed by atoms with Gasteiger partial charge < -0.3 is 19.9 Å². The minimum atomic E-state index is -4.06. The lowest BCUT2D eigenvalue weighted by Crippen LogP contribution is -2.47. The summed E-state index contributed by atoms with van der Waals surface area (Å²) in [5, 5.41) is 2.52. The van der Waals surface area contributed by atoms with Crippen molar-refractivity contribution >= 4 is 30.8 Å². The highest BCUT2D eigenvalue weighted by Crippen LogP contribution is 2.57. The van der Waals surface area contributed by atoms with Crippen LogP contribution in [-0.2, 0) is 27.9 Å². The summed E-state index contributed by atoms with van der Waals surface area (Å²) < 4.78 is 58.3. The summed E-state index contributed by atoms with van der Waals surface area (Å²) in [6.45, 7) is 8.57. The quantitative estimate of drug-likeness (QED) is 0.389. The van der Waals surface area contributed by atoms with Crippen molar-refractivity contribution in [3.8, 4) is 5.88 Å². The van der Waals surface area contributed by atoms with Gasteiger partial charge in [0.2, 0.25) is 11.8 Å². The molecule has 4 rings (SSSR count). The molecule has 13 nitrogen and oxygen atoms in total. The van der Waals surface area contributed by atoms with Crippen molar-refractivity contribution in [3.05, 3.63) is 6.33 Å². The zero-order chi connectivity index (χ0) is 25.5. The van der Waals surface area contributed by atoms with Crippen LogP contribution in [0.4, 0.5) is 10.3 Å². The monoisotopic (exact) mass is 516 g/mol. The van der Waals surface area contributed by atoms with E-state index in [1.54, 1.807) is 6.92 Å². The minimum absolute atomic E-state index is 0.0784. The summed E-state index contributed by atoms with van der Waals surface area (Å²) in [6, 6.07) is -1.01. The number of nitrogens with two attached hydrogens (primary N) is 1. The molecule has 15 heteroatoms. The summed E-state index contributed by atoms with van der Waals surface area (Å²) in [6.07, 6.45) is -2.08. The number of rotatable bonds is 8. The number of nitrogen functional groups attached to an aromatic ring is 1. The number of ether oxygens (including phenoxy) is 3. The lowest BCUT2D eigenvalue weighted by molar-refractivity contribution is -0.146. The Morgan fingerprint density at radius 1 is 1.43 bits per heavy atom. The lowest BCUT2D eigenvalue weighted by Gasteiger charge is -2.35. The average molecular weight is 516 g/mol. The average Bonchev–Trinajstić information content (AvgIpc) is 3.30. The van der Waals surface area contributed by atoms with Gasteiger partial charge in [-0.05, 0) is 26.7 Å². The Bertz CT molecular complexity index is 1140. The normalized spacial score (nSPS) is 31.5. The Morgan fingerprint density at radius 2 is 2.17 bits per heavy atom. The van der Waals surface area contributed by atoms with Gasteiger partial charge in [0.15, 0.2) is 23.1 Å². The molecule has 0 bridgehead atoms. The molecule has 4 heterocycles. The van der Waals surface area contributed by atoms with Crippen molar-refractivity contribution in [1.82, 2.24) is 24.6 Å². The number of alkyl halides is 1. The molecule has 6 atom stereocenters. The van der Waals surface area contributed by atoms with Gasteiger partial charge in [-0.25, -0.2) is 19.0 Å². The summed E-state index contributed by atoms with van der Waals surface area (Å²) in [5.41, 5.74) is 4.11. The molecule has 0 radical (unpaired) electrons. The molecule has 2 aromatic rings. The van der Waals surface area contributed by atoms with E-state index < -0.39 is 43.9 Å². The highest BCUT2D eigenvalue weighted by molar-refractivity contribution is 7.51. The molecule has 2 saturated heterocycles. The second-order valence-corrected chi connectivity index (χ2v) is 10.7. The van der Waals surface area contributed by atoms with Gasteiger partial charge in [0, 0.05) is 0 Å². The van der Waals surface area contributed by atoms with Crippen molar-refractivity contribution < 1.29 is 37.0 Å². The Balaban J connectivity index is 1.55. The van der Waals surface area contributed by atoms with Gasteiger partial charge in [-0.2, -0.15) is 9.97 Å². The van der Waals surface area contributed by atoms with Crippen LogP contribution in [0, 0.1) is 5.92 Å². The smallest absolute Gasteiger partial charge is 0.406 e. The number of imidazole rings is 1. The number of halogens is 1. The maximum Gasteiger partial charge on any atom is 0.406 e. The van der Waals surface area contributed by atoms with Crippen LogP contribution in [0.1, 0.15) is 40.8 Å². The number of hydrogen-bond acceptors (Lipinski definition) is 11. The molecule has 0 spiro atoms. The van der Waals surface area contributed by atoms with E-state index in [4.69, 9.17) is 29.0 Å². The van der Waals surface area contributed by atoms with Crippen molar-refractivity contribution in [2.45, 2.75) is 64.8 Å². The van der Waals surface area contributed by atoms with Crippen molar-refractivity contribution in [3.63, 3.8) is 0 Å². The number of hydrogen-bond donors (Lipinski definition) is 2. The first-order valence-corrected chi connectivity index (χ1v) is 12.8. The van der Waals surface area contributed by atoms with Gasteiger partial charge in [-0.15, -0.1) is 0 Å². The Hall–Kier alpha value is -2.38. The Labute approximate surface area is 201 Å². The minimum Gasteiger partial charge on any atom is -0.476 e. The SMILES string of the molecule is CCOc1nc(N)nc2c1ncn2[C@@H]1O[C@@H]2CO[P@](=O)(N[C@@H](C)C(=O)OCC(C)C)O[C@H]2[C@@]1(C)F. The number of carbonyl (C=O) groups is 1. The molecule has 35 heavy (non-hydrogen) atoms. The fraction of sp³-hybridized carbons (Fsp3) is 0.700. The third-order valence-electron chi connectivity index (χ3n) is 5.55. The number of fused-ring (bicyclic) bond motifs is 2. The molecule has 3 N–H and O–H groups in total. The van der Waals surface area contributed by atoms with E-state index in [0.717, 1.165) is 0 Å². The molecule has 194 valence electrons. The van der Waals surface area contributed by atoms with Crippen LogP contribution in [0.15, 0.2) is 6.33 Å². The predicted octanol–water partition coefficient (Wildman–Crippen LogP) is 2.13. The summed E-state index contributed by atoms with van der Waals surface area (Å²) >= 11 is 0. The summed E-state index contributed by atoms with van der Waals surface area (Å²) in [4.78, 5) is 24.6. The van der Waals surface area contributed by atoms with Crippen LogP contribution in [0.25, 0.3) is 11.2 Å². The maximum absolute atomic E-state index is 16.2. The van der Waals surface area contributed by atoms with Crippen LogP contribution >= 0.6 is 7.75 Å². The molecule has 0 saturated carbocycles. The molecule has 0 aromatic carbocycles. The van der Waals surface area contributed by atoms with E-state index in [2.05, 4.69) is 20.0 Å². The Morgan fingerprint density at radius 3 is 2.86 bits per heavy atom. The number of nitrogens with one attached hydrogen (secondary N) is 1. The number of aromatic nitrogens is 4. The fourth-order valence-corrected chi connectivity index (χ4v) is 5.67. The predicted molar refractivity (Wildman–Crippen MR) is 121 cm³/mol. The van der Waals surface area contributed by atoms with E-state index >= 15 is 4.39 Å². The third-order valence-corrected chi connectivity index (χ3v) is 7.24. The van der Waals surface area contributed by atoms with E-state index in [1.165, 1.54) is 24.7 Å². The molecule has 2 fully saturated rings. The van der Waals surface area contributed by atoms with Gasteiger partial charge in [0.1, 0.15) is 18.2 Å². The second kappa shape index (κ2) is 9.58. The fourth-order valence-electron chi connectivity index (χ4n) is 3.91. The highest BCUT2D eigenvalue weighted by atomic mass is 31.2. The van der Waals surface area contributed by atoms with Crippen LogP contribution in [0.2, 0.25) is 0 Å². The van der Waals surface area contributed by atoms with E-state index in [1.807, 2.05) is 13.8 Å². The second-order valence-electron chi connectivity index (χ2n) is 9.02. The van der Waals surface area contributed by atoms with Crippen LogP contribution in [0.3, 0.4) is 0 Å². The van der Waals surface area contributed by atoms with E-state index in [-0.39, 0.29) is 42.1 Å². The molecule has 2 aromatic heterocycles. The first kappa shape index (κ1) is 25.7. The van der Waals surface area contributed by atoms with E-state index in [0.29, 0.717) is 6.61 Å². The summed E-state index contributed by atoms with van der Waals surface area (Å²) in [5.74, 6) is -0.407. The Kier molecular flexibility index (Phi) is 7.04. The van der Waals surface area contributed by atoms with Gasteiger partial charge in [-0.1, -0.05) is 13.8 Å². The van der Waals surface area contributed by atoms with Crippen LogP contribution in [-0.4, -0.2) is 69.2 Å². The number of carbonyl (C=O) groups excluding carboxylic acids is 1. The molecular formula is C20H30FN6O7P. The molecule has 2 aliphatic heterocycles. The topological polar surface area (TPSA) is 162 Å². The zero-order valence-electron chi connectivity index (χ0n) is 20.1. The van der Waals surface area contributed by atoms with Gasteiger partial charge >= 0.3 is 13.7 Å². The first-order valence-electron chi connectivity index (χ1n) is 11.3. The van der Waals surface area contributed by atoms with E-state index in [9.17, 15) is 9.36 Å². The van der Waals surface area contributed by atoms with Gasteiger partial charge in [-0.3, -0.25) is 18.4 Å². The van der Waals surface area contributed by atoms with Crippen LogP contribution in [0.5, 0.6) is 5.88 Å². The third kappa shape index (κ3) is 4.98. The van der Waals surface area contributed by atoms with Gasteiger partial charge in [0.25, 0.3) is 0 Å². The molecule has 0 unspecified atom stereocenters. The lowest BCUT2D eigenvalue weighted by atomic mass is 9.98. The number of anilines is 1. The highest BCUT2D eigenvalue weighted by Gasteiger charge is 2.61. The van der Waals surface area contributed by atoms with Gasteiger partial charge in [0.05, 0.1) is 26.1 Å². The molecule has 2 aliphatic rings. The largest absolute Gasteiger partial charge is 0.476 e. The molecular weight excluding hydrogens is 486 g/mol. The van der Waals surface area contributed by atoms with Crippen LogP contribution < -0.4 is 15.6 Å². The number of esters is 1. The van der Waals surface area contributed by atoms with Crippen molar-refractivity contribution in [2.75, 3.05) is 25.6 Å². The first-order chi connectivity index (χ1) is 16.4. The standard InChI is InChI=1S/C20H30FN6O7P/c1-6-30-16-13-15(24-19(22)25-16)27(9-23-13)18-20(5,21)14-12(33-18)8-32-35(29,34-14)26-11(4)17(28)31-7-10(2)3/h9-12,14,18H,6-8H2,1-5H3,(H,26,29)(H2,22,24,25)/t11-,12+,14+,18+,20+,35+/m0/s1. The maximum atomic E-state index is 16.2.